The molecule has 6 rings (SSSR count). The van der Waals surface area contributed by atoms with Crippen molar-refractivity contribution in [2.75, 3.05) is 6.79 Å². The second-order valence-corrected chi connectivity index (χ2v) is 8.66. The van der Waals surface area contributed by atoms with Crippen LogP contribution in [0, 0.1) is 23.2 Å². The molecule has 0 saturated heterocycles. The first-order valence-corrected chi connectivity index (χ1v) is 9.57. The zero-order chi connectivity index (χ0) is 17.7. The third-order valence-electron chi connectivity index (χ3n) is 6.65. The van der Waals surface area contributed by atoms with Crippen LogP contribution in [-0.2, 0) is 4.79 Å². The minimum atomic E-state index is -0.345. The van der Waals surface area contributed by atoms with E-state index in [0.717, 1.165) is 17.8 Å². The molecule has 4 saturated carbocycles. The Labute approximate surface area is 152 Å². The van der Waals surface area contributed by atoms with Gasteiger partial charge in [0, 0.05) is 12.0 Å². The number of amides is 2. The van der Waals surface area contributed by atoms with Crippen LogP contribution in [-0.4, -0.2) is 18.6 Å². The second kappa shape index (κ2) is 5.89. The Kier molecular flexibility index (Phi) is 3.62. The molecule has 0 spiro atoms. The molecule has 4 bridgehead atoms. The lowest BCUT2D eigenvalue weighted by Gasteiger charge is -2.56. The van der Waals surface area contributed by atoms with E-state index in [1.807, 2.05) is 0 Å². The van der Waals surface area contributed by atoms with E-state index in [1.54, 1.807) is 18.2 Å². The molecule has 4 aliphatic carbocycles. The van der Waals surface area contributed by atoms with Gasteiger partial charge in [-0.15, -0.1) is 0 Å². The van der Waals surface area contributed by atoms with E-state index in [1.165, 1.54) is 38.5 Å². The molecule has 1 heterocycles. The van der Waals surface area contributed by atoms with E-state index >= 15 is 0 Å². The van der Waals surface area contributed by atoms with Gasteiger partial charge in [0.1, 0.15) is 0 Å². The summed E-state index contributed by atoms with van der Waals surface area (Å²) in [4.78, 5) is 24.8. The fourth-order valence-electron chi connectivity index (χ4n) is 6.13. The van der Waals surface area contributed by atoms with Gasteiger partial charge in [-0.25, -0.2) is 0 Å². The Balaban J connectivity index is 1.18. The predicted octanol–water partition coefficient (Wildman–Crippen LogP) is 2.78. The molecule has 4 fully saturated rings. The second-order valence-electron chi connectivity index (χ2n) is 8.66. The van der Waals surface area contributed by atoms with Crippen LogP contribution in [0.2, 0.25) is 0 Å². The lowest BCUT2D eigenvalue weighted by Crippen LogP contribution is -2.50. The molecule has 0 unspecified atom stereocenters. The van der Waals surface area contributed by atoms with Crippen molar-refractivity contribution in [2.45, 2.75) is 44.9 Å². The van der Waals surface area contributed by atoms with Gasteiger partial charge in [-0.2, -0.15) is 0 Å². The molecule has 1 aromatic rings. The average molecular weight is 356 g/mol. The van der Waals surface area contributed by atoms with E-state index in [4.69, 9.17) is 9.47 Å². The van der Waals surface area contributed by atoms with Crippen LogP contribution in [0.25, 0.3) is 0 Å². The van der Waals surface area contributed by atoms with Gasteiger partial charge in [0.15, 0.2) is 11.5 Å². The Morgan fingerprint density at radius 1 is 0.962 bits per heavy atom. The van der Waals surface area contributed by atoms with Gasteiger partial charge in [0.05, 0.1) is 0 Å². The van der Waals surface area contributed by atoms with E-state index < -0.39 is 0 Å². The Hall–Kier alpha value is -2.24. The third kappa shape index (κ3) is 2.81. The van der Waals surface area contributed by atoms with E-state index in [9.17, 15) is 9.59 Å². The van der Waals surface area contributed by atoms with Gasteiger partial charge < -0.3 is 9.47 Å². The van der Waals surface area contributed by atoms with Crippen LogP contribution < -0.4 is 20.3 Å². The summed E-state index contributed by atoms with van der Waals surface area (Å²) in [6.07, 6.45) is 8.16. The highest BCUT2D eigenvalue weighted by Crippen LogP contribution is 2.61. The first-order valence-electron chi connectivity index (χ1n) is 9.57. The normalized spacial score (nSPS) is 33.2. The summed E-state index contributed by atoms with van der Waals surface area (Å²) >= 11 is 0. The lowest BCUT2D eigenvalue weighted by molar-refractivity contribution is -0.130. The van der Waals surface area contributed by atoms with Crippen molar-refractivity contribution in [2.24, 2.45) is 23.2 Å². The number of nitrogens with one attached hydrogen (secondary N) is 2. The van der Waals surface area contributed by atoms with Crippen molar-refractivity contribution in [3.05, 3.63) is 23.8 Å². The molecule has 6 heteroatoms. The van der Waals surface area contributed by atoms with E-state index in [0.29, 0.717) is 23.5 Å². The van der Waals surface area contributed by atoms with Crippen LogP contribution >= 0.6 is 0 Å². The topological polar surface area (TPSA) is 76.7 Å². The summed E-state index contributed by atoms with van der Waals surface area (Å²) in [5, 5.41) is 0. The zero-order valence-corrected chi connectivity index (χ0v) is 14.8. The molecule has 0 radical (unpaired) electrons. The zero-order valence-electron chi connectivity index (χ0n) is 14.8. The number of hydrogen-bond acceptors (Lipinski definition) is 4. The molecule has 2 N–H and O–H groups in total. The van der Waals surface area contributed by atoms with Gasteiger partial charge in [-0.05, 0) is 79.9 Å². The minimum absolute atomic E-state index is 0.0824. The molecule has 138 valence electrons. The van der Waals surface area contributed by atoms with Gasteiger partial charge in [-0.3, -0.25) is 20.4 Å². The molecule has 6 nitrogen and oxygen atoms in total. The molecule has 1 aromatic carbocycles. The lowest BCUT2D eigenvalue weighted by atomic mass is 9.49. The van der Waals surface area contributed by atoms with Crippen LogP contribution in [0.15, 0.2) is 18.2 Å². The van der Waals surface area contributed by atoms with Crippen molar-refractivity contribution < 1.29 is 19.1 Å². The Bertz CT molecular complexity index is 725. The van der Waals surface area contributed by atoms with Crippen molar-refractivity contribution in [1.82, 2.24) is 10.9 Å². The summed E-state index contributed by atoms with van der Waals surface area (Å²) in [5.74, 6) is 3.21. The van der Waals surface area contributed by atoms with Crippen molar-refractivity contribution in [3.63, 3.8) is 0 Å². The molecule has 26 heavy (non-hydrogen) atoms. The average Bonchev–Trinajstić information content (AvgIpc) is 3.05. The smallest absolute Gasteiger partial charge is 0.269 e. The number of carbonyl (C=O) groups is 2. The number of fused-ring (bicyclic) bond motifs is 1. The first kappa shape index (κ1) is 16.0. The molecule has 5 aliphatic rings. The number of rotatable bonds is 3. The van der Waals surface area contributed by atoms with Crippen molar-refractivity contribution in [3.8, 4) is 11.5 Å². The predicted molar refractivity (Wildman–Crippen MR) is 93.4 cm³/mol. The number of benzene rings is 1. The van der Waals surface area contributed by atoms with Crippen LogP contribution in [0.5, 0.6) is 11.5 Å². The summed E-state index contributed by atoms with van der Waals surface area (Å²) in [6.45, 7) is 0.169. The Morgan fingerprint density at radius 2 is 1.62 bits per heavy atom. The van der Waals surface area contributed by atoms with Crippen LogP contribution in [0.3, 0.4) is 0 Å². The Morgan fingerprint density at radius 3 is 2.31 bits per heavy atom. The largest absolute Gasteiger partial charge is 0.454 e. The molecular formula is C20H24N2O4. The number of hydrazine groups is 1. The first-order chi connectivity index (χ1) is 12.6. The minimum Gasteiger partial charge on any atom is -0.454 e. The highest BCUT2D eigenvalue weighted by atomic mass is 16.7. The maximum atomic E-state index is 12.5. The molecular weight excluding hydrogens is 332 g/mol. The molecule has 0 aromatic heterocycles. The maximum Gasteiger partial charge on any atom is 0.269 e. The third-order valence-corrected chi connectivity index (χ3v) is 6.65. The molecule has 0 atom stereocenters. The number of ether oxygens (including phenoxy) is 2. The van der Waals surface area contributed by atoms with Crippen LogP contribution in [0.1, 0.15) is 55.3 Å². The summed E-state index contributed by atoms with van der Waals surface area (Å²) in [7, 11) is 0. The number of carbonyl (C=O) groups excluding carboxylic acids is 2. The molecule has 2 amide bonds. The quantitative estimate of drug-likeness (QED) is 0.817. The summed E-state index contributed by atoms with van der Waals surface area (Å²) in [6, 6.07) is 4.99. The fraction of sp³-hybridized carbons (Fsp3) is 0.600. The highest BCUT2D eigenvalue weighted by Gasteiger charge is 2.51. The van der Waals surface area contributed by atoms with Gasteiger partial charge >= 0.3 is 0 Å². The number of hydrogen-bond donors (Lipinski definition) is 2. The van der Waals surface area contributed by atoms with Crippen molar-refractivity contribution in [1.29, 1.82) is 0 Å². The van der Waals surface area contributed by atoms with E-state index in [-0.39, 0.29) is 24.0 Å². The summed E-state index contributed by atoms with van der Waals surface area (Å²) in [5.41, 5.74) is 5.75. The van der Waals surface area contributed by atoms with Gasteiger partial charge in [0.25, 0.3) is 5.91 Å². The monoisotopic (exact) mass is 356 g/mol. The van der Waals surface area contributed by atoms with Crippen LogP contribution in [0.4, 0.5) is 0 Å². The highest BCUT2D eigenvalue weighted by molar-refractivity contribution is 5.96. The maximum absolute atomic E-state index is 12.5. The van der Waals surface area contributed by atoms with Gasteiger partial charge in [0.2, 0.25) is 12.7 Å². The SMILES string of the molecule is O=C(CC12CC3CC(CC(C3)C1)C2)NNC(=O)c1ccc2c(c1)OCO2. The van der Waals surface area contributed by atoms with Gasteiger partial charge in [-0.1, -0.05) is 0 Å². The fourth-order valence-corrected chi connectivity index (χ4v) is 6.13. The van der Waals surface area contributed by atoms with E-state index in [2.05, 4.69) is 10.9 Å². The summed E-state index contributed by atoms with van der Waals surface area (Å²) < 4.78 is 10.5. The standard InChI is InChI=1S/C20H24N2O4/c23-18(10-20-7-12-3-13(8-20)5-14(4-12)9-20)21-22-19(24)15-1-2-16-17(6-15)26-11-25-16/h1-2,6,12-14H,3-5,7-11H2,(H,21,23)(H,22,24). The molecule has 1 aliphatic heterocycles. The van der Waals surface area contributed by atoms with Crippen molar-refractivity contribution >= 4 is 11.8 Å².